The molecule has 25 heavy (non-hydrogen) atoms. The van der Waals surface area contributed by atoms with E-state index in [2.05, 4.69) is 0 Å². The fourth-order valence-corrected chi connectivity index (χ4v) is 3.45. The number of allylic oxidation sites excluding steroid dienone is 2. The van der Waals surface area contributed by atoms with Gasteiger partial charge in [0.2, 0.25) is 5.12 Å². The van der Waals surface area contributed by atoms with Crippen molar-refractivity contribution in [2.75, 3.05) is 5.75 Å². The van der Waals surface area contributed by atoms with Gasteiger partial charge < -0.3 is 9.84 Å². The second kappa shape index (κ2) is 7.28. The van der Waals surface area contributed by atoms with Gasteiger partial charge in [0.15, 0.2) is 0 Å². The Hall–Kier alpha value is -1.68. The van der Waals surface area contributed by atoms with Crippen LogP contribution in [-0.4, -0.2) is 22.1 Å². The van der Waals surface area contributed by atoms with E-state index in [1.54, 1.807) is 6.26 Å². The molecule has 0 fully saturated rings. The maximum Gasteiger partial charge on any atom is 0.219 e. The summed E-state index contributed by atoms with van der Waals surface area (Å²) in [5.74, 6) is 0.862. The SMILES string of the molecule is CC(C)(C)c1cc(C(=O)SCC2C=CC=CO2)cc(C(C)(C)C)c1O. The molecule has 0 bridgehead atoms. The summed E-state index contributed by atoms with van der Waals surface area (Å²) >= 11 is 1.25. The minimum absolute atomic E-state index is 0.00236. The van der Waals surface area contributed by atoms with Crippen molar-refractivity contribution in [1.82, 2.24) is 0 Å². The average molecular weight is 361 g/mol. The van der Waals surface area contributed by atoms with Gasteiger partial charge in [-0.15, -0.1) is 0 Å². The Bertz CT molecular complexity index is 668. The molecule has 0 saturated heterocycles. The van der Waals surface area contributed by atoms with Gasteiger partial charge in [-0.1, -0.05) is 59.4 Å². The fraction of sp³-hybridized carbons (Fsp3) is 0.476. The van der Waals surface area contributed by atoms with Crippen LogP contribution in [0.25, 0.3) is 0 Å². The van der Waals surface area contributed by atoms with E-state index >= 15 is 0 Å². The molecule has 1 aliphatic rings. The van der Waals surface area contributed by atoms with Gasteiger partial charge in [-0.05, 0) is 35.1 Å². The van der Waals surface area contributed by atoms with Crippen molar-refractivity contribution in [3.8, 4) is 5.75 Å². The van der Waals surface area contributed by atoms with E-state index in [-0.39, 0.29) is 22.0 Å². The normalized spacial score (nSPS) is 17.4. The molecule has 1 unspecified atom stereocenters. The summed E-state index contributed by atoms with van der Waals surface area (Å²) in [6, 6.07) is 3.66. The van der Waals surface area contributed by atoms with Gasteiger partial charge in [0.25, 0.3) is 0 Å². The van der Waals surface area contributed by atoms with Crippen LogP contribution >= 0.6 is 11.8 Å². The number of phenolic OH excluding ortho intramolecular Hbond substituents is 1. The molecule has 1 atom stereocenters. The second-order valence-electron chi connectivity index (χ2n) is 8.41. The molecule has 1 aromatic carbocycles. The number of aromatic hydroxyl groups is 1. The van der Waals surface area contributed by atoms with Crippen LogP contribution in [0, 0.1) is 0 Å². The average Bonchev–Trinajstić information content (AvgIpc) is 2.51. The highest BCUT2D eigenvalue weighted by Crippen LogP contribution is 2.40. The zero-order valence-corrected chi connectivity index (χ0v) is 16.7. The standard InChI is InChI=1S/C21H28O3S/c1-20(2,3)16-11-14(12-17(18(16)22)21(4,5)6)19(23)25-13-15-9-7-8-10-24-15/h7-12,15,22H,13H2,1-6H3. The third kappa shape index (κ3) is 4.91. The Balaban J connectivity index is 2.31. The number of rotatable bonds is 3. The molecule has 0 spiro atoms. The predicted molar refractivity (Wildman–Crippen MR) is 105 cm³/mol. The Morgan fingerprint density at radius 1 is 1.08 bits per heavy atom. The van der Waals surface area contributed by atoms with Crippen LogP contribution in [0.5, 0.6) is 5.75 Å². The van der Waals surface area contributed by atoms with Gasteiger partial charge in [0, 0.05) is 22.4 Å². The third-order valence-corrected chi connectivity index (χ3v) is 5.10. The number of carbonyl (C=O) groups is 1. The molecule has 1 N–H and O–H groups in total. The molecule has 0 aliphatic carbocycles. The lowest BCUT2D eigenvalue weighted by Gasteiger charge is -2.28. The number of hydrogen-bond donors (Lipinski definition) is 1. The number of benzene rings is 1. The molecule has 1 heterocycles. The van der Waals surface area contributed by atoms with Crippen molar-refractivity contribution in [3.05, 3.63) is 53.3 Å². The maximum atomic E-state index is 12.7. The third-order valence-electron chi connectivity index (χ3n) is 4.11. The largest absolute Gasteiger partial charge is 0.507 e. The van der Waals surface area contributed by atoms with Gasteiger partial charge in [0.1, 0.15) is 11.9 Å². The first-order valence-electron chi connectivity index (χ1n) is 8.54. The summed E-state index contributed by atoms with van der Waals surface area (Å²) in [6.45, 7) is 12.3. The number of phenols is 1. The van der Waals surface area contributed by atoms with E-state index in [1.807, 2.05) is 71.9 Å². The van der Waals surface area contributed by atoms with Crippen LogP contribution in [-0.2, 0) is 15.6 Å². The summed E-state index contributed by atoms with van der Waals surface area (Å²) < 4.78 is 5.46. The second-order valence-corrected chi connectivity index (χ2v) is 9.40. The van der Waals surface area contributed by atoms with Crippen molar-refractivity contribution in [3.63, 3.8) is 0 Å². The molecule has 0 aromatic heterocycles. The number of hydrogen-bond acceptors (Lipinski definition) is 4. The lowest BCUT2D eigenvalue weighted by molar-refractivity contribution is 0.108. The molecule has 3 nitrogen and oxygen atoms in total. The van der Waals surface area contributed by atoms with Gasteiger partial charge in [-0.25, -0.2) is 0 Å². The van der Waals surface area contributed by atoms with Crippen LogP contribution in [0.4, 0.5) is 0 Å². The highest BCUT2D eigenvalue weighted by atomic mass is 32.2. The molecular formula is C21H28O3S. The van der Waals surface area contributed by atoms with Crippen LogP contribution in [0.1, 0.15) is 63.0 Å². The van der Waals surface area contributed by atoms with Crippen LogP contribution < -0.4 is 0 Å². The van der Waals surface area contributed by atoms with E-state index in [0.717, 1.165) is 11.1 Å². The summed E-state index contributed by atoms with van der Waals surface area (Å²) in [4.78, 5) is 12.7. The van der Waals surface area contributed by atoms with Gasteiger partial charge >= 0.3 is 0 Å². The maximum absolute atomic E-state index is 12.7. The lowest BCUT2D eigenvalue weighted by Crippen LogP contribution is -2.19. The van der Waals surface area contributed by atoms with E-state index in [4.69, 9.17) is 4.74 Å². The van der Waals surface area contributed by atoms with Gasteiger partial charge in [-0.3, -0.25) is 4.79 Å². The topological polar surface area (TPSA) is 46.5 Å². The Morgan fingerprint density at radius 3 is 2.08 bits per heavy atom. The summed E-state index contributed by atoms with van der Waals surface area (Å²) in [6.07, 6.45) is 7.26. The summed E-state index contributed by atoms with van der Waals surface area (Å²) in [5.41, 5.74) is 1.75. The molecule has 0 radical (unpaired) electrons. The highest BCUT2D eigenvalue weighted by Gasteiger charge is 2.28. The van der Waals surface area contributed by atoms with Crippen LogP contribution in [0.2, 0.25) is 0 Å². The zero-order chi connectivity index (χ0) is 18.8. The first-order chi connectivity index (χ1) is 11.5. The smallest absolute Gasteiger partial charge is 0.219 e. The zero-order valence-electron chi connectivity index (χ0n) is 15.9. The Labute approximate surface area is 155 Å². The molecule has 0 saturated carbocycles. The summed E-state index contributed by atoms with van der Waals surface area (Å²) in [7, 11) is 0. The van der Waals surface area contributed by atoms with E-state index < -0.39 is 0 Å². The van der Waals surface area contributed by atoms with Crippen molar-refractivity contribution in [2.24, 2.45) is 0 Å². The van der Waals surface area contributed by atoms with Gasteiger partial charge in [-0.2, -0.15) is 0 Å². The van der Waals surface area contributed by atoms with Crippen molar-refractivity contribution in [1.29, 1.82) is 0 Å². The van der Waals surface area contributed by atoms with Crippen LogP contribution in [0.3, 0.4) is 0 Å². The number of thioether (sulfide) groups is 1. The molecule has 0 amide bonds. The minimum Gasteiger partial charge on any atom is -0.507 e. The number of ether oxygens (including phenoxy) is 1. The van der Waals surface area contributed by atoms with Gasteiger partial charge in [0.05, 0.1) is 6.26 Å². The molecule has 1 aliphatic heterocycles. The van der Waals surface area contributed by atoms with Crippen molar-refractivity contribution >= 4 is 16.9 Å². The minimum atomic E-state index is -0.245. The lowest BCUT2D eigenvalue weighted by atomic mass is 9.78. The van der Waals surface area contributed by atoms with E-state index in [0.29, 0.717) is 17.1 Å². The van der Waals surface area contributed by atoms with Crippen LogP contribution in [0.15, 0.2) is 36.6 Å². The quantitative estimate of drug-likeness (QED) is 0.791. The molecule has 4 heteroatoms. The molecule has 136 valence electrons. The molecule has 2 rings (SSSR count). The monoisotopic (exact) mass is 360 g/mol. The molecule has 1 aromatic rings. The van der Waals surface area contributed by atoms with Crippen molar-refractivity contribution < 1.29 is 14.6 Å². The fourth-order valence-electron chi connectivity index (χ4n) is 2.66. The van der Waals surface area contributed by atoms with E-state index in [9.17, 15) is 9.90 Å². The molecular weight excluding hydrogens is 332 g/mol. The number of carbonyl (C=O) groups excluding carboxylic acids is 1. The van der Waals surface area contributed by atoms with E-state index in [1.165, 1.54) is 11.8 Å². The summed E-state index contributed by atoms with van der Waals surface area (Å²) in [5, 5.41) is 10.7. The van der Waals surface area contributed by atoms with Crippen molar-refractivity contribution in [2.45, 2.75) is 58.5 Å². The highest BCUT2D eigenvalue weighted by molar-refractivity contribution is 8.14. The predicted octanol–water partition coefficient (Wildman–Crippen LogP) is 5.33. The first-order valence-corrected chi connectivity index (χ1v) is 9.52. The Kier molecular flexibility index (Phi) is 5.72. The Morgan fingerprint density at radius 2 is 1.64 bits per heavy atom. The first kappa shape index (κ1) is 19.6.